The van der Waals surface area contributed by atoms with Crippen LogP contribution in [0.3, 0.4) is 0 Å². The molecule has 0 spiro atoms. The first-order valence-electron chi connectivity index (χ1n) is 5.16. The summed E-state index contributed by atoms with van der Waals surface area (Å²) in [7, 11) is 1.46. The lowest BCUT2D eigenvalue weighted by atomic mass is 10.2. The minimum atomic E-state index is -0.683. The first kappa shape index (κ1) is 12.6. The first-order valence-corrected chi connectivity index (χ1v) is 5.54. The van der Waals surface area contributed by atoms with Crippen molar-refractivity contribution in [1.29, 1.82) is 0 Å². The second-order valence-electron chi connectivity index (χ2n) is 3.57. The van der Waals surface area contributed by atoms with Gasteiger partial charge in [-0.3, -0.25) is 0 Å². The van der Waals surface area contributed by atoms with Crippen molar-refractivity contribution < 1.29 is 13.5 Å². The Kier molecular flexibility index (Phi) is 3.67. The molecule has 18 heavy (non-hydrogen) atoms. The van der Waals surface area contributed by atoms with Crippen LogP contribution in [-0.4, -0.2) is 7.11 Å². The Labute approximate surface area is 108 Å². The molecule has 0 saturated heterocycles. The molecule has 0 aromatic heterocycles. The van der Waals surface area contributed by atoms with Gasteiger partial charge in [0.05, 0.1) is 12.8 Å². The van der Waals surface area contributed by atoms with Gasteiger partial charge in [0, 0.05) is 5.02 Å². The van der Waals surface area contributed by atoms with Crippen LogP contribution in [0.5, 0.6) is 5.75 Å². The van der Waals surface area contributed by atoms with Gasteiger partial charge >= 0.3 is 0 Å². The van der Waals surface area contributed by atoms with E-state index in [4.69, 9.17) is 16.3 Å². The normalized spacial score (nSPS) is 10.2. The fourth-order valence-corrected chi connectivity index (χ4v) is 1.70. The van der Waals surface area contributed by atoms with E-state index in [-0.39, 0.29) is 5.69 Å². The van der Waals surface area contributed by atoms with Crippen molar-refractivity contribution in [1.82, 2.24) is 0 Å². The van der Waals surface area contributed by atoms with Gasteiger partial charge in [-0.15, -0.1) is 0 Å². The van der Waals surface area contributed by atoms with Crippen molar-refractivity contribution in [3.8, 4) is 5.75 Å². The molecule has 1 N–H and O–H groups in total. The van der Waals surface area contributed by atoms with Crippen molar-refractivity contribution >= 4 is 23.0 Å². The summed E-state index contributed by atoms with van der Waals surface area (Å²) in [6, 6.07) is 8.41. The first-order chi connectivity index (χ1) is 8.61. The zero-order valence-electron chi connectivity index (χ0n) is 9.51. The largest absolute Gasteiger partial charge is 0.495 e. The molecule has 0 aliphatic rings. The van der Waals surface area contributed by atoms with Crippen molar-refractivity contribution in [3.05, 3.63) is 53.1 Å². The number of nitrogens with one attached hydrogen (secondary N) is 1. The molecule has 2 aromatic rings. The molecule has 0 radical (unpaired) electrons. The van der Waals surface area contributed by atoms with Crippen molar-refractivity contribution in [2.24, 2.45) is 0 Å². The molecule has 0 aliphatic carbocycles. The van der Waals surface area contributed by atoms with Crippen LogP contribution in [0, 0.1) is 11.6 Å². The van der Waals surface area contributed by atoms with Gasteiger partial charge in [0.2, 0.25) is 0 Å². The standard InChI is InChI=1S/C13H10ClF2NO/c1-18-12-6-5-8(14)7-11(12)17-13-9(15)3-2-4-10(13)16/h2-7,17H,1H3. The Balaban J connectivity index is 2.42. The predicted octanol–water partition coefficient (Wildman–Crippen LogP) is 4.37. The van der Waals surface area contributed by atoms with Gasteiger partial charge < -0.3 is 10.1 Å². The highest BCUT2D eigenvalue weighted by atomic mass is 35.5. The summed E-state index contributed by atoms with van der Waals surface area (Å²) in [4.78, 5) is 0. The van der Waals surface area contributed by atoms with Gasteiger partial charge in [-0.05, 0) is 30.3 Å². The molecule has 0 fully saturated rings. The number of benzene rings is 2. The van der Waals surface area contributed by atoms with Gasteiger partial charge in [0.1, 0.15) is 23.1 Å². The van der Waals surface area contributed by atoms with Crippen LogP contribution in [0.25, 0.3) is 0 Å². The molecule has 2 rings (SSSR count). The van der Waals surface area contributed by atoms with Gasteiger partial charge in [0.15, 0.2) is 0 Å². The highest BCUT2D eigenvalue weighted by Gasteiger charge is 2.11. The van der Waals surface area contributed by atoms with Crippen LogP contribution in [0.4, 0.5) is 20.2 Å². The monoisotopic (exact) mass is 269 g/mol. The van der Waals surface area contributed by atoms with E-state index in [1.54, 1.807) is 12.1 Å². The third-order valence-electron chi connectivity index (χ3n) is 2.38. The minimum Gasteiger partial charge on any atom is -0.495 e. The minimum absolute atomic E-state index is 0.238. The maximum Gasteiger partial charge on any atom is 0.149 e. The summed E-state index contributed by atoms with van der Waals surface area (Å²) in [6.45, 7) is 0. The maximum absolute atomic E-state index is 13.5. The molecular formula is C13H10ClF2NO. The SMILES string of the molecule is COc1ccc(Cl)cc1Nc1c(F)cccc1F. The van der Waals surface area contributed by atoms with E-state index in [2.05, 4.69) is 5.32 Å². The summed E-state index contributed by atoms with van der Waals surface area (Å²) >= 11 is 5.84. The van der Waals surface area contributed by atoms with E-state index >= 15 is 0 Å². The molecule has 0 atom stereocenters. The van der Waals surface area contributed by atoms with Crippen molar-refractivity contribution in [2.75, 3.05) is 12.4 Å². The fraction of sp³-hybridized carbons (Fsp3) is 0.0769. The van der Waals surface area contributed by atoms with Gasteiger partial charge in [-0.1, -0.05) is 17.7 Å². The van der Waals surface area contributed by atoms with E-state index in [0.717, 1.165) is 0 Å². The van der Waals surface area contributed by atoms with Crippen LogP contribution in [0.15, 0.2) is 36.4 Å². The molecule has 94 valence electrons. The molecule has 5 heteroatoms. The van der Waals surface area contributed by atoms with Gasteiger partial charge in [-0.25, -0.2) is 8.78 Å². The van der Waals surface area contributed by atoms with Crippen LogP contribution in [0.1, 0.15) is 0 Å². The van der Waals surface area contributed by atoms with Crippen molar-refractivity contribution in [2.45, 2.75) is 0 Å². The lowest BCUT2D eigenvalue weighted by Crippen LogP contribution is -1.99. The molecular weight excluding hydrogens is 260 g/mol. The van der Waals surface area contributed by atoms with Crippen LogP contribution < -0.4 is 10.1 Å². The molecule has 0 saturated carbocycles. The summed E-state index contributed by atoms with van der Waals surface area (Å²) in [5, 5.41) is 3.08. The van der Waals surface area contributed by atoms with E-state index < -0.39 is 11.6 Å². The lowest BCUT2D eigenvalue weighted by Gasteiger charge is -2.12. The van der Waals surface area contributed by atoms with E-state index in [0.29, 0.717) is 16.5 Å². The third kappa shape index (κ3) is 2.54. The Morgan fingerprint density at radius 3 is 2.39 bits per heavy atom. The maximum atomic E-state index is 13.5. The Bertz CT molecular complexity index is 555. The smallest absolute Gasteiger partial charge is 0.149 e. The molecule has 0 unspecified atom stereocenters. The quantitative estimate of drug-likeness (QED) is 0.893. The molecule has 0 aliphatic heterocycles. The Morgan fingerprint density at radius 2 is 1.78 bits per heavy atom. The highest BCUT2D eigenvalue weighted by Crippen LogP contribution is 2.32. The summed E-state index contributed by atoms with van der Waals surface area (Å²) in [6.07, 6.45) is 0. The van der Waals surface area contributed by atoms with E-state index in [9.17, 15) is 8.78 Å². The van der Waals surface area contributed by atoms with Crippen LogP contribution in [0.2, 0.25) is 5.02 Å². The average molecular weight is 270 g/mol. The predicted molar refractivity (Wildman–Crippen MR) is 67.6 cm³/mol. The van der Waals surface area contributed by atoms with Crippen LogP contribution in [-0.2, 0) is 0 Å². The van der Waals surface area contributed by atoms with E-state index in [1.165, 1.54) is 31.4 Å². The number of hydrogen-bond acceptors (Lipinski definition) is 2. The molecule has 0 heterocycles. The number of anilines is 2. The molecule has 0 amide bonds. The summed E-state index contributed by atoms with van der Waals surface area (Å²) in [5.74, 6) is -0.920. The molecule has 0 bridgehead atoms. The zero-order valence-corrected chi connectivity index (χ0v) is 10.3. The third-order valence-corrected chi connectivity index (χ3v) is 2.62. The number of methoxy groups -OCH3 is 1. The Hall–Kier alpha value is -1.81. The molecule has 2 aromatic carbocycles. The second kappa shape index (κ2) is 5.23. The average Bonchev–Trinajstić information content (AvgIpc) is 2.34. The summed E-state index contributed by atoms with van der Waals surface area (Å²) < 4.78 is 32.1. The fourth-order valence-electron chi connectivity index (χ4n) is 1.53. The summed E-state index contributed by atoms with van der Waals surface area (Å²) in [5.41, 5.74) is 0.159. The van der Waals surface area contributed by atoms with Gasteiger partial charge in [0.25, 0.3) is 0 Å². The van der Waals surface area contributed by atoms with Gasteiger partial charge in [-0.2, -0.15) is 0 Å². The second-order valence-corrected chi connectivity index (χ2v) is 4.00. The topological polar surface area (TPSA) is 21.3 Å². The van der Waals surface area contributed by atoms with Crippen molar-refractivity contribution in [3.63, 3.8) is 0 Å². The molecule has 2 nitrogen and oxygen atoms in total. The van der Waals surface area contributed by atoms with E-state index in [1.807, 2.05) is 0 Å². The number of rotatable bonds is 3. The number of para-hydroxylation sites is 1. The highest BCUT2D eigenvalue weighted by molar-refractivity contribution is 6.31. The number of hydrogen-bond donors (Lipinski definition) is 1. The number of ether oxygens (including phenoxy) is 1. The zero-order chi connectivity index (χ0) is 13.1. The number of halogens is 3. The lowest BCUT2D eigenvalue weighted by molar-refractivity contribution is 0.416. The Morgan fingerprint density at radius 1 is 1.11 bits per heavy atom. The van der Waals surface area contributed by atoms with Crippen LogP contribution >= 0.6 is 11.6 Å².